The highest BCUT2D eigenvalue weighted by molar-refractivity contribution is 6.31. The highest BCUT2D eigenvalue weighted by Crippen LogP contribution is 2.32. The Bertz CT molecular complexity index is 1090. The van der Waals surface area contributed by atoms with E-state index in [-0.39, 0.29) is 0 Å². The Morgan fingerprint density at radius 3 is 1.88 bits per heavy atom. The van der Waals surface area contributed by atoms with Gasteiger partial charge in [0.2, 0.25) is 0 Å². The number of benzene rings is 3. The average Bonchev–Trinajstić information content (AvgIpc) is 3.30. The summed E-state index contributed by atoms with van der Waals surface area (Å²) in [5, 5.41) is 12.6. The monoisotopic (exact) mass is 536 g/mol. The van der Waals surface area contributed by atoms with E-state index in [1.807, 2.05) is 82.9 Å². The number of β-amino-alcohol motifs (C(OH)–C–C–N with tert-alkyl or cyclic N) is 1. The van der Waals surface area contributed by atoms with E-state index in [0.717, 1.165) is 16.7 Å². The molecule has 3 unspecified atom stereocenters. The molecule has 3 atom stereocenters. The van der Waals surface area contributed by atoms with Gasteiger partial charge in [-0.1, -0.05) is 82.8 Å². The van der Waals surface area contributed by atoms with Crippen LogP contribution in [0.25, 0.3) is 0 Å². The molecule has 4 rings (SSSR count). The molecular formula is C26H24Cl4N2O2. The van der Waals surface area contributed by atoms with E-state index < -0.39 is 17.7 Å². The van der Waals surface area contributed by atoms with Crippen LogP contribution in [-0.4, -0.2) is 33.6 Å². The van der Waals surface area contributed by atoms with E-state index in [1.165, 1.54) is 0 Å². The van der Waals surface area contributed by atoms with Crippen LogP contribution >= 0.6 is 46.4 Å². The van der Waals surface area contributed by atoms with Crippen molar-refractivity contribution < 1.29 is 9.84 Å². The van der Waals surface area contributed by atoms with Gasteiger partial charge in [-0.15, -0.1) is 0 Å². The van der Waals surface area contributed by atoms with E-state index in [2.05, 4.69) is 0 Å². The van der Waals surface area contributed by atoms with Gasteiger partial charge in [-0.2, -0.15) is 0 Å². The molecule has 0 bridgehead atoms. The fourth-order valence-corrected chi connectivity index (χ4v) is 4.43. The van der Waals surface area contributed by atoms with Gasteiger partial charge in [-0.3, -0.25) is 0 Å². The van der Waals surface area contributed by atoms with E-state index in [1.54, 1.807) is 12.1 Å². The van der Waals surface area contributed by atoms with Crippen molar-refractivity contribution in [3.05, 3.63) is 117 Å². The molecule has 8 heteroatoms. The van der Waals surface area contributed by atoms with Crippen molar-refractivity contribution in [2.75, 3.05) is 13.2 Å². The maximum atomic E-state index is 10.6. The first-order valence-corrected chi connectivity index (χ1v) is 12.3. The second-order valence-electron chi connectivity index (χ2n) is 8.07. The molecule has 34 heavy (non-hydrogen) atoms. The van der Waals surface area contributed by atoms with Gasteiger partial charge in [0.1, 0.15) is 11.6 Å². The van der Waals surface area contributed by atoms with Gasteiger partial charge in [-0.05, 0) is 53.1 Å². The standard InChI is InChI=1S/C26H24Cl4N2O2/c27-21-7-1-18(2-8-21)16-34-25(20-5-11-23(29)12-6-20)26(30)32-14-13-31(17-32)15-24(33)19-3-9-22(28)10-4-19/h1-14,24-26,33H,15-17H2. The van der Waals surface area contributed by atoms with Gasteiger partial charge in [0.05, 0.1) is 19.4 Å². The van der Waals surface area contributed by atoms with Gasteiger partial charge >= 0.3 is 0 Å². The molecule has 1 N–H and O–H groups in total. The molecule has 0 radical (unpaired) electrons. The molecule has 3 aromatic carbocycles. The summed E-state index contributed by atoms with van der Waals surface area (Å²) in [6.45, 7) is 1.33. The molecule has 0 saturated heterocycles. The van der Waals surface area contributed by atoms with Crippen molar-refractivity contribution in [2.24, 2.45) is 0 Å². The summed E-state index contributed by atoms with van der Waals surface area (Å²) in [7, 11) is 0. The maximum Gasteiger partial charge on any atom is 0.135 e. The lowest BCUT2D eigenvalue weighted by Gasteiger charge is -2.32. The maximum absolute atomic E-state index is 10.6. The van der Waals surface area contributed by atoms with Crippen molar-refractivity contribution in [1.29, 1.82) is 0 Å². The lowest BCUT2D eigenvalue weighted by Crippen LogP contribution is -2.36. The van der Waals surface area contributed by atoms with Crippen LogP contribution in [0.15, 0.2) is 85.2 Å². The molecule has 3 aromatic rings. The fourth-order valence-electron chi connectivity index (χ4n) is 3.70. The van der Waals surface area contributed by atoms with Gasteiger partial charge in [0.25, 0.3) is 0 Å². The fraction of sp³-hybridized carbons (Fsp3) is 0.231. The molecule has 1 aliphatic heterocycles. The number of ether oxygens (including phenoxy) is 1. The average molecular weight is 538 g/mol. The Balaban J connectivity index is 1.42. The van der Waals surface area contributed by atoms with Crippen LogP contribution in [-0.2, 0) is 11.3 Å². The van der Waals surface area contributed by atoms with Crippen LogP contribution in [0.1, 0.15) is 28.9 Å². The summed E-state index contributed by atoms with van der Waals surface area (Å²) < 4.78 is 6.29. The van der Waals surface area contributed by atoms with E-state index in [9.17, 15) is 5.11 Å². The minimum Gasteiger partial charge on any atom is -0.387 e. The molecule has 0 amide bonds. The van der Waals surface area contributed by atoms with Gasteiger partial charge in [0.15, 0.2) is 0 Å². The molecule has 0 aliphatic carbocycles. The van der Waals surface area contributed by atoms with Crippen molar-refractivity contribution in [2.45, 2.75) is 24.3 Å². The zero-order chi connectivity index (χ0) is 24.1. The van der Waals surface area contributed by atoms with Crippen molar-refractivity contribution in [1.82, 2.24) is 9.80 Å². The normalized spacial score (nSPS) is 16.0. The molecule has 0 saturated carbocycles. The first kappa shape index (κ1) is 25.2. The van der Waals surface area contributed by atoms with Crippen LogP contribution in [0, 0.1) is 0 Å². The highest BCUT2D eigenvalue weighted by atomic mass is 35.5. The first-order valence-electron chi connectivity index (χ1n) is 10.8. The molecule has 1 heterocycles. The largest absolute Gasteiger partial charge is 0.387 e. The number of aliphatic hydroxyl groups is 1. The first-order chi connectivity index (χ1) is 16.4. The summed E-state index contributed by atoms with van der Waals surface area (Å²) in [6, 6.07) is 22.2. The van der Waals surface area contributed by atoms with Crippen LogP contribution in [0.2, 0.25) is 15.1 Å². The molecule has 178 valence electrons. The third kappa shape index (κ3) is 6.60. The predicted molar refractivity (Wildman–Crippen MR) is 139 cm³/mol. The van der Waals surface area contributed by atoms with E-state index in [0.29, 0.717) is 34.9 Å². The van der Waals surface area contributed by atoms with Gasteiger partial charge in [-0.25, -0.2) is 0 Å². The summed E-state index contributed by atoms with van der Waals surface area (Å²) >= 11 is 25.0. The molecule has 0 spiro atoms. The summed E-state index contributed by atoms with van der Waals surface area (Å²) in [5.74, 6) is 0. The molecule has 4 nitrogen and oxygen atoms in total. The van der Waals surface area contributed by atoms with Gasteiger partial charge < -0.3 is 19.6 Å². The minimum atomic E-state index is -0.649. The van der Waals surface area contributed by atoms with Gasteiger partial charge in [0, 0.05) is 34.0 Å². The SMILES string of the molecule is OC(CN1C=CN(C(Cl)C(OCc2ccc(Cl)cc2)c2ccc(Cl)cc2)C1)c1ccc(Cl)cc1. The third-order valence-corrected chi connectivity index (χ3v) is 6.82. The smallest absolute Gasteiger partial charge is 0.135 e. The van der Waals surface area contributed by atoms with Crippen molar-refractivity contribution >= 4 is 46.4 Å². The second-order valence-corrected chi connectivity index (χ2v) is 9.83. The number of rotatable bonds is 9. The van der Waals surface area contributed by atoms with E-state index in [4.69, 9.17) is 51.1 Å². The van der Waals surface area contributed by atoms with Crippen molar-refractivity contribution in [3.63, 3.8) is 0 Å². The van der Waals surface area contributed by atoms with Crippen LogP contribution in [0.3, 0.4) is 0 Å². The summed E-state index contributed by atoms with van der Waals surface area (Å²) in [5.41, 5.74) is 2.25. The van der Waals surface area contributed by atoms with Crippen LogP contribution < -0.4 is 0 Å². The number of nitrogens with zero attached hydrogens (tertiary/aromatic N) is 2. The number of alkyl halides is 1. The third-order valence-electron chi connectivity index (χ3n) is 5.58. The Morgan fingerprint density at radius 1 is 0.765 bits per heavy atom. The highest BCUT2D eigenvalue weighted by Gasteiger charge is 2.30. The second kappa shape index (κ2) is 11.7. The van der Waals surface area contributed by atoms with Crippen LogP contribution in [0.5, 0.6) is 0 Å². The molecule has 0 aromatic heterocycles. The molecular weight excluding hydrogens is 514 g/mol. The zero-order valence-corrected chi connectivity index (χ0v) is 21.2. The Labute approximate surface area is 219 Å². The number of hydrogen-bond acceptors (Lipinski definition) is 4. The van der Waals surface area contributed by atoms with Crippen molar-refractivity contribution in [3.8, 4) is 0 Å². The Hall–Kier alpha value is -1.92. The number of hydrogen-bond donors (Lipinski definition) is 1. The van der Waals surface area contributed by atoms with E-state index >= 15 is 0 Å². The summed E-state index contributed by atoms with van der Waals surface area (Å²) in [4.78, 5) is 3.99. The summed E-state index contributed by atoms with van der Waals surface area (Å²) in [6.07, 6.45) is 2.78. The number of halogens is 4. The Morgan fingerprint density at radius 2 is 1.29 bits per heavy atom. The quantitative estimate of drug-likeness (QED) is 0.230. The lowest BCUT2D eigenvalue weighted by molar-refractivity contribution is 0.00513. The lowest BCUT2D eigenvalue weighted by atomic mass is 10.1. The topological polar surface area (TPSA) is 35.9 Å². The molecule has 1 aliphatic rings. The molecule has 0 fully saturated rings. The minimum absolute atomic E-state index is 0.379. The van der Waals surface area contributed by atoms with Crippen LogP contribution in [0.4, 0.5) is 0 Å². The zero-order valence-electron chi connectivity index (χ0n) is 18.2. The Kier molecular flexibility index (Phi) is 8.65. The predicted octanol–water partition coefficient (Wildman–Crippen LogP) is 7.25. The number of aliphatic hydroxyl groups excluding tert-OH is 1.